The average Bonchev–Trinajstić information content (AvgIpc) is 2.85. The Morgan fingerprint density at radius 3 is 2.80 bits per heavy atom. The van der Waals surface area contributed by atoms with Gasteiger partial charge in [-0.15, -0.1) is 0 Å². The number of nitrogen functional groups attached to an aromatic ring is 1. The number of ether oxygens (including phenoxy) is 1. The van der Waals surface area contributed by atoms with Gasteiger partial charge in [0.2, 0.25) is 5.28 Å². The molecule has 4 N–H and O–H groups in total. The minimum Gasteiger partial charge on any atom is -0.387 e. The number of aromatic nitrogens is 4. The highest BCUT2D eigenvalue weighted by Crippen LogP contribution is 2.39. The van der Waals surface area contributed by atoms with Gasteiger partial charge < -0.3 is 20.7 Å². The van der Waals surface area contributed by atoms with Crippen LogP contribution in [0.5, 0.6) is 0 Å². The van der Waals surface area contributed by atoms with Crippen molar-refractivity contribution in [2.24, 2.45) is 0 Å². The fourth-order valence-corrected chi connectivity index (χ4v) is 2.64. The van der Waals surface area contributed by atoms with E-state index in [2.05, 4.69) is 15.0 Å². The van der Waals surface area contributed by atoms with Crippen molar-refractivity contribution in [1.29, 1.82) is 0 Å². The van der Waals surface area contributed by atoms with E-state index in [1.807, 2.05) is 0 Å². The zero-order valence-corrected chi connectivity index (χ0v) is 11.6. The van der Waals surface area contributed by atoms with Gasteiger partial charge >= 0.3 is 0 Å². The van der Waals surface area contributed by atoms with Crippen LogP contribution in [0.15, 0.2) is 6.33 Å². The highest BCUT2D eigenvalue weighted by Gasteiger charge is 2.51. The maximum Gasteiger partial charge on any atom is 0.226 e. The Balaban J connectivity index is 2.16. The summed E-state index contributed by atoms with van der Waals surface area (Å²) in [6.07, 6.45) is -0.972. The Hall–Kier alpha value is -1.48. The van der Waals surface area contributed by atoms with Crippen LogP contribution < -0.4 is 5.73 Å². The molecular weight excluding hydrogens is 286 g/mol. The Labute approximate surface area is 119 Å². The molecule has 0 spiro atoms. The number of imidazole rings is 1. The molecule has 3 rings (SSSR count). The van der Waals surface area contributed by atoms with E-state index >= 15 is 0 Å². The first-order valence-electron chi connectivity index (χ1n) is 6.04. The van der Waals surface area contributed by atoms with Crippen LogP contribution in [0.3, 0.4) is 0 Å². The van der Waals surface area contributed by atoms with E-state index < -0.39 is 24.0 Å². The molecule has 3 heterocycles. The second kappa shape index (κ2) is 4.26. The van der Waals surface area contributed by atoms with Gasteiger partial charge in [0.05, 0.1) is 12.4 Å². The smallest absolute Gasteiger partial charge is 0.226 e. The Morgan fingerprint density at radius 1 is 1.50 bits per heavy atom. The lowest BCUT2D eigenvalue weighted by molar-refractivity contribution is -0.0936. The van der Waals surface area contributed by atoms with Gasteiger partial charge in [0, 0.05) is 0 Å². The Kier molecular flexibility index (Phi) is 2.87. The van der Waals surface area contributed by atoms with E-state index in [9.17, 15) is 10.2 Å². The maximum absolute atomic E-state index is 10.4. The van der Waals surface area contributed by atoms with Crippen molar-refractivity contribution in [3.05, 3.63) is 11.6 Å². The van der Waals surface area contributed by atoms with E-state index in [-0.39, 0.29) is 11.1 Å². The van der Waals surface area contributed by atoms with Gasteiger partial charge in [-0.1, -0.05) is 0 Å². The van der Waals surface area contributed by atoms with E-state index in [1.54, 1.807) is 6.92 Å². The summed E-state index contributed by atoms with van der Waals surface area (Å²) in [6, 6.07) is 0. The summed E-state index contributed by atoms with van der Waals surface area (Å²) < 4.78 is 7.09. The quantitative estimate of drug-likeness (QED) is 0.638. The van der Waals surface area contributed by atoms with Crippen LogP contribution in [0.25, 0.3) is 11.2 Å². The van der Waals surface area contributed by atoms with Crippen LogP contribution in [0.4, 0.5) is 5.82 Å². The summed E-state index contributed by atoms with van der Waals surface area (Å²) >= 11 is 5.79. The molecule has 0 saturated carbocycles. The number of anilines is 1. The van der Waals surface area contributed by atoms with Crippen LogP contribution in [0.2, 0.25) is 5.28 Å². The van der Waals surface area contributed by atoms with Crippen LogP contribution in [-0.4, -0.2) is 47.5 Å². The van der Waals surface area contributed by atoms with Crippen molar-refractivity contribution < 1.29 is 14.9 Å². The van der Waals surface area contributed by atoms with Crippen LogP contribution >= 0.6 is 11.6 Å². The molecule has 0 bridgehead atoms. The second-order valence-electron chi connectivity index (χ2n) is 5.07. The number of aliphatic hydroxyl groups excluding tert-OH is 1. The van der Waals surface area contributed by atoms with Gasteiger partial charge in [0.1, 0.15) is 17.2 Å². The molecule has 4 atom stereocenters. The monoisotopic (exact) mass is 299 g/mol. The Morgan fingerprint density at radius 2 is 2.20 bits per heavy atom. The third-order valence-corrected chi connectivity index (χ3v) is 3.73. The molecule has 2 aromatic heterocycles. The molecule has 0 aliphatic carbocycles. The fraction of sp³-hybridized carbons (Fsp3) is 0.545. The summed E-state index contributed by atoms with van der Waals surface area (Å²) in [7, 11) is 0. The number of hydrogen-bond acceptors (Lipinski definition) is 7. The topological polar surface area (TPSA) is 119 Å². The van der Waals surface area contributed by atoms with E-state index in [0.29, 0.717) is 11.2 Å². The van der Waals surface area contributed by atoms with Crippen molar-refractivity contribution in [3.8, 4) is 0 Å². The molecule has 1 aliphatic rings. The van der Waals surface area contributed by atoms with Gasteiger partial charge in [0.15, 0.2) is 17.7 Å². The van der Waals surface area contributed by atoms with Crippen LogP contribution in [0.1, 0.15) is 20.1 Å². The standard InChI is InChI=1S/C11H14ClN5O3/c1-4-6(18)11(2,19)9(20-4)17-3-14-5-7(13)15-10(12)16-8(5)17/h3-4,6,9,18-19H,1-2H3,(H2,13,15,16). The molecule has 1 fully saturated rings. The zero-order chi connectivity index (χ0) is 14.7. The maximum atomic E-state index is 10.4. The normalized spacial score (nSPS) is 34.0. The summed E-state index contributed by atoms with van der Waals surface area (Å²) in [6.45, 7) is 3.17. The van der Waals surface area contributed by atoms with Crippen molar-refractivity contribution in [2.75, 3.05) is 5.73 Å². The largest absolute Gasteiger partial charge is 0.387 e. The molecule has 4 unspecified atom stereocenters. The third kappa shape index (κ3) is 1.76. The zero-order valence-electron chi connectivity index (χ0n) is 10.9. The number of halogens is 1. The second-order valence-corrected chi connectivity index (χ2v) is 5.40. The first kappa shape index (κ1) is 13.5. The van der Waals surface area contributed by atoms with Gasteiger partial charge in [-0.25, -0.2) is 4.98 Å². The molecule has 2 aromatic rings. The molecule has 20 heavy (non-hydrogen) atoms. The van der Waals surface area contributed by atoms with Crippen LogP contribution in [-0.2, 0) is 4.74 Å². The number of nitrogens with two attached hydrogens (primary N) is 1. The fourth-order valence-electron chi connectivity index (χ4n) is 2.47. The van der Waals surface area contributed by atoms with E-state index in [0.717, 1.165) is 0 Å². The molecule has 8 nitrogen and oxygen atoms in total. The predicted molar refractivity (Wildman–Crippen MR) is 71.0 cm³/mol. The van der Waals surface area contributed by atoms with Crippen molar-refractivity contribution in [1.82, 2.24) is 19.5 Å². The molecule has 0 aromatic carbocycles. The van der Waals surface area contributed by atoms with Crippen LogP contribution in [0, 0.1) is 0 Å². The summed E-state index contributed by atoms with van der Waals surface area (Å²) in [5.41, 5.74) is 4.95. The van der Waals surface area contributed by atoms with E-state index in [4.69, 9.17) is 22.1 Å². The van der Waals surface area contributed by atoms with Crippen molar-refractivity contribution >= 4 is 28.6 Å². The van der Waals surface area contributed by atoms with Crippen molar-refractivity contribution in [3.63, 3.8) is 0 Å². The molecular formula is C11H14ClN5O3. The summed E-state index contributed by atoms with van der Waals surface area (Å²) in [4.78, 5) is 12.0. The summed E-state index contributed by atoms with van der Waals surface area (Å²) in [5.74, 6) is 0.144. The highest BCUT2D eigenvalue weighted by molar-refractivity contribution is 6.28. The lowest BCUT2D eigenvalue weighted by atomic mass is 9.97. The van der Waals surface area contributed by atoms with E-state index in [1.165, 1.54) is 17.8 Å². The van der Waals surface area contributed by atoms with Gasteiger partial charge in [-0.05, 0) is 25.4 Å². The number of rotatable bonds is 1. The molecule has 1 aliphatic heterocycles. The first-order chi connectivity index (χ1) is 9.32. The average molecular weight is 300 g/mol. The Bertz CT molecular complexity index is 673. The number of hydrogen-bond donors (Lipinski definition) is 3. The summed E-state index contributed by atoms with van der Waals surface area (Å²) in [5, 5.41) is 20.4. The number of nitrogens with zero attached hydrogens (tertiary/aromatic N) is 4. The van der Waals surface area contributed by atoms with Gasteiger partial charge in [-0.2, -0.15) is 9.97 Å². The minimum atomic E-state index is -1.49. The molecule has 9 heteroatoms. The van der Waals surface area contributed by atoms with Gasteiger partial charge in [0.25, 0.3) is 0 Å². The lowest BCUT2D eigenvalue weighted by Gasteiger charge is -2.27. The number of fused-ring (bicyclic) bond motifs is 1. The SMILES string of the molecule is CC1OC(n2cnc3c(N)nc(Cl)nc32)C(C)(O)C1O. The van der Waals surface area contributed by atoms with Crippen molar-refractivity contribution in [2.45, 2.75) is 37.9 Å². The first-order valence-corrected chi connectivity index (χ1v) is 6.41. The molecule has 108 valence electrons. The third-order valence-electron chi connectivity index (χ3n) is 3.56. The highest BCUT2D eigenvalue weighted by atomic mass is 35.5. The van der Waals surface area contributed by atoms with Gasteiger partial charge in [-0.3, -0.25) is 4.57 Å². The lowest BCUT2D eigenvalue weighted by Crippen LogP contribution is -2.43. The molecule has 1 saturated heterocycles. The predicted octanol–water partition coefficient (Wildman–Crippen LogP) is 0.0911. The molecule has 0 radical (unpaired) electrons. The number of aliphatic hydroxyl groups is 2. The minimum absolute atomic E-state index is 0.0250. The molecule has 0 amide bonds.